The second kappa shape index (κ2) is 3.60. The van der Waals surface area contributed by atoms with E-state index in [0.717, 1.165) is 6.42 Å². The minimum atomic E-state index is 1.13. The molecule has 1 nitrogen and oxygen atoms in total. The van der Waals surface area contributed by atoms with Gasteiger partial charge >= 0.3 is 0 Å². The quantitative estimate of drug-likeness (QED) is 0.720. The SMILES string of the molecule is CSc1cccc2c3c([nH]c12)CC[CH]C3. The van der Waals surface area contributed by atoms with Crippen LogP contribution in [-0.2, 0) is 12.8 Å². The van der Waals surface area contributed by atoms with Crippen molar-refractivity contribution < 1.29 is 0 Å². The fourth-order valence-corrected chi connectivity index (χ4v) is 2.99. The van der Waals surface area contributed by atoms with Crippen LogP contribution < -0.4 is 0 Å². The summed E-state index contributed by atoms with van der Waals surface area (Å²) in [5, 5.41) is 1.42. The molecular weight excluding hydrogens is 202 g/mol. The Hall–Kier alpha value is -0.890. The van der Waals surface area contributed by atoms with Crippen molar-refractivity contribution in [3.05, 3.63) is 35.9 Å². The summed E-state index contributed by atoms with van der Waals surface area (Å²) in [5.74, 6) is 0. The molecule has 0 saturated carbocycles. The molecule has 1 aliphatic rings. The van der Waals surface area contributed by atoms with Crippen molar-refractivity contribution in [1.82, 2.24) is 4.98 Å². The van der Waals surface area contributed by atoms with Crippen LogP contribution in [0.15, 0.2) is 23.1 Å². The fourth-order valence-electron chi connectivity index (χ4n) is 2.41. The highest BCUT2D eigenvalue weighted by molar-refractivity contribution is 7.98. The van der Waals surface area contributed by atoms with Gasteiger partial charge in [0.25, 0.3) is 0 Å². The summed E-state index contributed by atoms with van der Waals surface area (Å²) in [7, 11) is 0. The van der Waals surface area contributed by atoms with Gasteiger partial charge in [0, 0.05) is 16.0 Å². The molecule has 2 heteroatoms. The molecule has 3 rings (SSSR count). The van der Waals surface area contributed by atoms with Crippen molar-refractivity contribution in [1.29, 1.82) is 0 Å². The molecule has 1 radical (unpaired) electrons. The first-order valence-corrected chi connectivity index (χ1v) is 6.60. The zero-order valence-electron chi connectivity index (χ0n) is 8.84. The van der Waals surface area contributed by atoms with Crippen molar-refractivity contribution in [2.24, 2.45) is 0 Å². The van der Waals surface area contributed by atoms with E-state index in [1.165, 1.54) is 39.9 Å². The minimum Gasteiger partial charge on any atom is -0.357 e. The summed E-state index contributed by atoms with van der Waals surface area (Å²) in [6, 6.07) is 6.60. The van der Waals surface area contributed by atoms with E-state index in [0.29, 0.717) is 0 Å². The van der Waals surface area contributed by atoms with Gasteiger partial charge in [-0.2, -0.15) is 0 Å². The molecule has 0 bridgehead atoms. The first kappa shape index (κ1) is 9.34. The monoisotopic (exact) mass is 216 g/mol. The Morgan fingerprint density at radius 2 is 2.27 bits per heavy atom. The number of aromatic amines is 1. The van der Waals surface area contributed by atoms with Gasteiger partial charge in [0.15, 0.2) is 0 Å². The molecule has 77 valence electrons. The van der Waals surface area contributed by atoms with Crippen LogP contribution in [0, 0.1) is 6.42 Å². The van der Waals surface area contributed by atoms with Crippen molar-refractivity contribution in [2.45, 2.75) is 24.2 Å². The van der Waals surface area contributed by atoms with Crippen LogP contribution >= 0.6 is 11.8 Å². The molecule has 15 heavy (non-hydrogen) atoms. The lowest BCUT2D eigenvalue weighted by atomic mass is 9.96. The van der Waals surface area contributed by atoms with E-state index < -0.39 is 0 Å². The number of fused-ring (bicyclic) bond motifs is 3. The zero-order valence-corrected chi connectivity index (χ0v) is 9.66. The Bertz CT molecular complexity index is 498. The Morgan fingerprint density at radius 1 is 1.33 bits per heavy atom. The van der Waals surface area contributed by atoms with E-state index in [1.807, 2.05) is 11.8 Å². The Morgan fingerprint density at radius 3 is 3.13 bits per heavy atom. The molecule has 0 aliphatic heterocycles. The number of rotatable bonds is 1. The number of para-hydroxylation sites is 1. The summed E-state index contributed by atoms with van der Waals surface area (Å²) in [5.41, 5.74) is 4.31. The van der Waals surface area contributed by atoms with E-state index in [4.69, 9.17) is 0 Å². The summed E-state index contributed by atoms with van der Waals surface area (Å²) < 4.78 is 0. The van der Waals surface area contributed by atoms with Gasteiger partial charge in [0.1, 0.15) is 0 Å². The molecule has 0 spiro atoms. The standard InChI is InChI=1S/C13H14NS/c1-15-12-8-4-6-10-9-5-2-3-7-11(9)14-13(10)12/h2,4,6,8,14H,3,5,7H2,1H3. The molecule has 1 N–H and O–H groups in total. The third-order valence-electron chi connectivity index (χ3n) is 3.16. The van der Waals surface area contributed by atoms with Gasteiger partial charge in [0.2, 0.25) is 0 Å². The Labute approximate surface area is 94.3 Å². The highest BCUT2D eigenvalue weighted by Crippen LogP contribution is 2.33. The second-order valence-corrected chi connectivity index (χ2v) is 4.84. The maximum atomic E-state index is 3.59. The van der Waals surface area contributed by atoms with Gasteiger partial charge in [-0.1, -0.05) is 12.1 Å². The van der Waals surface area contributed by atoms with Crippen LogP contribution in [0.1, 0.15) is 17.7 Å². The van der Waals surface area contributed by atoms with Crippen LogP contribution in [0.25, 0.3) is 10.9 Å². The molecule has 1 heterocycles. The molecular formula is C13H14NS. The van der Waals surface area contributed by atoms with Crippen molar-refractivity contribution >= 4 is 22.7 Å². The van der Waals surface area contributed by atoms with Crippen LogP contribution in [0.4, 0.5) is 0 Å². The number of thioether (sulfide) groups is 1. The largest absolute Gasteiger partial charge is 0.357 e. The minimum absolute atomic E-state index is 1.13. The highest BCUT2D eigenvalue weighted by atomic mass is 32.2. The Kier molecular flexibility index (Phi) is 2.24. The van der Waals surface area contributed by atoms with Gasteiger partial charge in [-0.15, -0.1) is 11.8 Å². The van der Waals surface area contributed by atoms with E-state index in [-0.39, 0.29) is 0 Å². The van der Waals surface area contributed by atoms with Gasteiger partial charge < -0.3 is 4.98 Å². The fraction of sp³-hybridized carbons (Fsp3) is 0.308. The van der Waals surface area contributed by atoms with E-state index in [9.17, 15) is 0 Å². The lowest BCUT2D eigenvalue weighted by Crippen LogP contribution is -2.00. The highest BCUT2D eigenvalue weighted by Gasteiger charge is 2.16. The van der Waals surface area contributed by atoms with Crippen LogP contribution in [-0.4, -0.2) is 11.2 Å². The van der Waals surface area contributed by atoms with Crippen LogP contribution in [0.2, 0.25) is 0 Å². The van der Waals surface area contributed by atoms with Gasteiger partial charge in [-0.3, -0.25) is 0 Å². The summed E-state index contributed by atoms with van der Waals surface area (Å²) in [4.78, 5) is 4.96. The van der Waals surface area contributed by atoms with Crippen molar-refractivity contribution in [3.63, 3.8) is 0 Å². The number of aryl methyl sites for hydroxylation is 1. The normalized spacial score (nSPS) is 15.5. The molecule has 0 unspecified atom stereocenters. The molecule has 0 atom stereocenters. The first-order valence-electron chi connectivity index (χ1n) is 5.38. The van der Waals surface area contributed by atoms with Gasteiger partial charge in [0.05, 0.1) is 5.52 Å². The van der Waals surface area contributed by atoms with Crippen molar-refractivity contribution in [2.75, 3.05) is 6.26 Å². The number of H-pyrrole nitrogens is 1. The van der Waals surface area contributed by atoms with Crippen LogP contribution in [0.3, 0.4) is 0 Å². The van der Waals surface area contributed by atoms with E-state index in [2.05, 4.69) is 35.9 Å². The molecule has 0 fully saturated rings. The summed E-state index contributed by atoms with van der Waals surface area (Å²) >= 11 is 1.82. The number of benzene rings is 1. The Balaban J connectivity index is 2.31. The predicted molar refractivity (Wildman–Crippen MR) is 66.4 cm³/mol. The average Bonchev–Trinajstić information content (AvgIpc) is 2.67. The predicted octanol–water partition coefficient (Wildman–Crippen LogP) is 3.58. The third-order valence-corrected chi connectivity index (χ3v) is 3.94. The molecule has 1 aromatic carbocycles. The van der Waals surface area contributed by atoms with Gasteiger partial charge in [-0.05, 0) is 43.6 Å². The molecule has 1 aromatic heterocycles. The molecule has 0 amide bonds. The average molecular weight is 216 g/mol. The van der Waals surface area contributed by atoms with Crippen molar-refractivity contribution in [3.8, 4) is 0 Å². The maximum Gasteiger partial charge on any atom is 0.0596 e. The van der Waals surface area contributed by atoms with Gasteiger partial charge in [-0.25, -0.2) is 0 Å². The van der Waals surface area contributed by atoms with Crippen LogP contribution in [0.5, 0.6) is 0 Å². The summed E-state index contributed by atoms with van der Waals surface area (Å²) in [6.07, 6.45) is 8.06. The third kappa shape index (κ3) is 1.39. The lowest BCUT2D eigenvalue weighted by molar-refractivity contribution is 0.815. The lowest BCUT2D eigenvalue weighted by Gasteiger charge is -2.09. The van der Waals surface area contributed by atoms with E-state index >= 15 is 0 Å². The maximum absolute atomic E-state index is 3.59. The topological polar surface area (TPSA) is 15.8 Å². The second-order valence-electron chi connectivity index (χ2n) is 4.00. The zero-order chi connectivity index (χ0) is 10.3. The number of hydrogen-bond donors (Lipinski definition) is 1. The number of nitrogens with one attached hydrogen (secondary N) is 1. The molecule has 1 aliphatic carbocycles. The number of hydrogen-bond acceptors (Lipinski definition) is 1. The number of aromatic nitrogens is 1. The molecule has 2 aromatic rings. The summed E-state index contributed by atoms with van der Waals surface area (Å²) in [6.45, 7) is 0. The molecule has 0 saturated heterocycles. The smallest absolute Gasteiger partial charge is 0.0596 e. The van der Waals surface area contributed by atoms with E-state index in [1.54, 1.807) is 0 Å². The first-order chi connectivity index (χ1) is 7.40.